The van der Waals surface area contributed by atoms with E-state index >= 15 is 0 Å². The van der Waals surface area contributed by atoms with Gasteiger partial charge in [0, 0.05) is 0 Å². The highest BCUT2D eigenvalue weighted by Crippen LogP contribution is 2.17. The van der Waals surface area contributed by atoms with Crippen molar-refractivity contribution in [3.05, 3.63) is 71.8 Å². The maximum Gasteiger partial charge on any atom is 0.121 e. The second-order valence-corrected chi connectivity index (χ2v) is 3.59. The molecule has 0 saturated heterocycles. The van der Waals surface area contributed by atoms with Crippen LogP contribution in [-0.2, 0) is 0 Å². The SMILES string of the molecule is N=C(c1ccccc1)C(O)c1ccccc1. The zero-order valence-corrected chi connectivity index (χ0v) is 8.80. The fourth-order valence-electron chi connectivity index (χ4n) is 1.58. The third kappa shape index (κ3) is 2.18. The topological polar surface area (TPSA) is 44.1 Å². The summed E-state index contributed by atoms with van der Waals surface area (Å²) in [5.41, 5.74) is 1.72. The van der Waals surface area contributed by atoms with Crippen molar-refractivity contribution in [3.8, 4) is 0 Å². The van der Waals surface area contributed by atoms with E-state index in [4.69, 9.17) is 5.41 Å². The quantitative estimate of drug-likeness (QED) is 0.753. The second-order valence-electron chi connectivity index (χ2n) is 3.59. The number of aliphatic hydroxyl groups is 1. The van der Waals surface area contributed by atoms with Crippen LogP contribution in [0.25, 0.3) is 0 Å². The standard InChI is InChI=1S/C14H13NO/c15-13(11-7-3-1-4-8-11)14(16)12-9-5-2-6-10-12/h1-10,14-16H. The van der Waals surface area contributed by atoms with Crippen molar-refractivity contribution in [3.63, 3.8) is 0 Å². The first-order chi connectivity index (χ1) is 7.79. The largest absolute Gasteiger partial charge is 0.382 e. The molecule has 0 aliphatic carbocycles. The molecule has 2 aromatic carbocycles. The Morgan fingerprint density at radius 3 is 1.94 bits per heavy atom. The molecule has 0 spiro atoms. The van der Waals surface area contributed by atoms with Gasteiger partial charge in [-0.1, -0.05) is 60.7 Å². The summed E-state index contributed by atoms with van der Waals surface area (Å²) in [5.74, 6) is 0. The van der Waals surface area contributed by atoms with Crippen LogP contribution in [0.2, 0.25) is 0 Å². The van der Waals surface area contributed by atoms with E-state index in [1.165, 1.54) is 0 Å². The van der Waals surface area contributed by atoms with E-state index in [9.17, 15) is 5.11 Å². The van der Waals surface area contributed by atoms with Crippen molar-refractivity contribution >= 4 is 5.71 Å². The number of hydrogen-bond donors (Lipinski definition) is 2. The maximum atomic E-state index is 10.0. The molecule has 2 rings (SSSR count). The minimum atomic E-state index is -0.858. The van der Waals surface area contributed by atoms with Crippen molar-refractivity contribution in [1.29, 1.82) is 5.41 Å². The van der Waals surface area contributed by atoms with E-state index in [0.29, 0.717) is 0 Å². The molecule has 80 valence electrons. The van der Waals surface area contributed by atoms with Crippen LogP contribution < -0.4 is 0 Å². The van der Waals surface area contributed by atoms with E-state index in [2.05, 4.69) is 0 Å². The summed E-state index contributed by atoms with van der Waals surface area (Å²) in [6.07, 6.45) is -0.858. The molecule has 2 nitrogen and oxygen atoms in total. The Balaban J connectivity index is 2.24. The molecule has 1 unspecified atom stereocenters. The molecule has 0 heterocycles. The van der Waals surface area contributed by atoms with Crippen molar-refractivity contribution in [2.24, 2.45) is 0 Å². The second kappa shape index (κ2) is 4.73. The summed E-state index contributed by atoms with van der Waals surface area (Å²) < 4.78 is 0. The smallest absolute Gasteiger partial charge is 0.121 e. The highest BCUT2D eigenvalue weighted by Gasteiger charge is 2.14. The molecular formula is C14H13NO. The Kier molecular flexibility index (Phi) is 3.13. The number of aliphatic hydroxyl groups excluding tert-OH is 1. The Bertz CT molecular complexity index is 465. The fourth-order valence-corrected chi connectivity index (χ4v) is 1.58. The average Bonchev–Trinajstić information content (AvgIpc) is 2.39. The molecule has 16 heavy (non-hydrogen) atoms. The molecule has 0 aromatic heterocycles. The summed E-state index contributed by atoms with van der Waals surface area (Å²) in [5, 5.41) is 17.9. The van der Waals surface area contributed by atoms with Gasteiger partial charge >= 0.3 is 0 Å². The van der Waals surface area contributed by atoms with Crippen LogP contribution >= 0.6 is 0 Å². The molecule has 0 aliphatic heterocycles. The molecule has 0 saturated carbocycles. The Labute approximate surface area is 94.7 Å². The minimum absolute atomic E-state index is 0.229. The summed E-state index contributed by atoms with van der Waals surface area (Å²) in [7, 11) is 0. The van der Waals surface area contributed by atoms with Crippen LogP contribution in [0.1, 0.15) is 17.2 Å². The Hall–Kier alpha value is -1.93. The van der Waals surface area contributed by atoms with Crippen LogP contribution in [0, 0.1) is 5.41 Å². The Morgan fingerprint density at radius 1 is 0.875 bits per heavy atom. The van der Waals surface area contributed by atoms with Gasteiger partial charge in [0.05, 0.1) is 5.71 Å². The lowest BCUT2D eigenvalue weighted by atomic mass is 9.99. The van der Waals surface area contributed by atoms with Gasteiger partial charge in [-0.3, -0.25) is 0 Å². The van der Waals surface area contributed by atoms with Gasteiger partial charge in [-0.05, 0) is 11.1 Å². The molecular weight excluding hydrogens is 198 g/mol. The molecule has 0 bridgehead atoms. The van der Waals surface area contributed by atoms with Crippen molar-refractivity contribution in [1.82, 2.24) is 0 Å². The highest BCUT2D eigenvalue weighted by molar-refractivity contribution is 6.01. The molecule has 0 radical (unpaired) electrons. The summed E-state index contributed by atoms with van der Waals surface area (Å²) >= 11 is 0. The Morgan fingerprint density at radius 2 is 1.38 bits per heavy atom. The maximum absolute atomic E-state index is 10.0. The minimum Gasteiger partial charge on any atom is -0.382 e. The van der Waals surface area contributed by atoms with Crippen molar-refractivity contribution < 1.29 is 5.11 Å². The van der Waals surface area contributed by atoms with E-state index < -0.39 is 6.10 Å². The summed E-state index contributed by atoms with van der Waals surface area (Å²) in [4.78, 5) is 0. The van der Waals surface area contributed by atoms with Gasteiger partial charge < -0.3 is 10.5 Å². The zero-order valence-electron chi connectivity index (χ0n) is 8.80. The first-order valence-electron chi connectivity index (χ1n) is 5.16. The molecule has 0 amide bonds. The zero-order chi connectivity index (χ0) is 11.4. The predicted octanol–water partition coefficient (Wildman–Crippen LogP) is 2.79. The third-order valence-corrected chi connectivity index (χ3v) is 2.47. The number of rotatable bonds is 3. The summed E-state index contributed by atoms with van der Waals surface area (Å²) in [6.45, 7) is 0. The van der Waals surface area contributed by atoms with Crippen LogP contribution in [0.15, 0.2) is 60.7 Å². The molecule has 0 fully saturated rings. The number of benzene rings is 2. The van der Waals surface area contributed by atoms with Gasteiger partial charge in [0.2, 0.25) is 0 Å². The van der Waals surface area contributed by atoms with E-state index in [0.717, 1.165) is 11.1 Å². The molecule has 2 N–H and O–H groups in total. The number of nitrogens with one attached hydrogen (secondary N) is 1. The molecule has 2 aromatic rings. The van der Waals surface area contributed by atoms with Crippen molar-refractivity contribution in [2.45, 2.75) is 6.10 Å². The van der Waals surface area contributed by atoms with E-state index in [-0.39, 0.29) is 5.71 Å². The monoisotopic (exact) mass is 211 g/mol. The van der Waals surface area contributed by atoms with Crippen molar-refractivity contribution in [2.75, 3.05) is 0 Å². The first-order valence-corrected chi connectivity index (χ1v) is 5.16. The molecule has 0 aliphatic rings. The fraction of sp³-hybridized carbons (Fsp3) is 0.0714. The molecule has 2 heteroatoms. The van der Waals surface area contributed by atoms with Gasteiger partial charge in [0.15, 0.2) is 0 Å². The third-order valence-electron chi connectivity index (χ3n) is 2.47. The van der Waals surface area contributed by atoms with Gasteiger partial charge in [-0.15, -0.1) is 0 Å². The average molecular weight is 211 g/mol. The lowest BCUT2D eigenvalue weighted by Crippen LogP contribution is -2.11. The predicted molar refractivity (Wildman–Crippen MR) is 64.7 cm³/mol. The van der Waals surface area contributed by atoms with Gasteiger partial charge in [-0.2, -0.15) is 0 Å². The van der Waals surface area contributed by atoms with Crippen LogP contribution in [0.3, 0.4) is 0 Å². The van der Waals surface area contributed by atoms with E-state index in [1.54, 1.807) is 0 Å². The van der Waals surface area contributed by atoms with Crippen LogP contribution in [-0.4, -0.2) is 10.8 Å². The van der Waals surface area contributed by atoms with Crippen LogP contribution in [0.4, 0.5) is 0 Å². The van der Waals surface area contributed by atoms with E-state index in [1.807, 2.05) is 60.7 Å². The highest BCUT2D eigenvalue weighted by atomic mass is 16.3. The van der Waals surface area contributed by atoms with Gasteiger partial charge in [0.25, 0.3) is 0 Å². The summed E-state index contributed by atoms with van der Waals surface area (Å²) in [6, 6.07) is 18.5. The lowest BCUT2D eigenvalue weighted by Gasteiger charge is -2.12. The molecule has 1 atom stereocenters. The van der Waals surface area contributed by atoms with Gasteiger partial charge in [0.1, 0.15) is 6.10 Å². The number of hydrogen-bond acceptors (Lipinski definition) is 2. The first kappa shape index (κ1) is 10.6. The van der Waals surface area contributed by atoms with Gasteiger partial charge in [-0.25, -0.2) is 0 Å². The van der Waals surface area contributed by atoms with Crippen LogP contribution in [0.5, 0.6) is 0 Å². The normalized spacial score (nSPS) is 12.1. The lowest BCUT2D eigenvalue weighted by molar-refractivity contribution is 0.247.